The van der Waals surface area contributed by atoms with Crippen molar-refractivity contribution in [3.8, 4) is 11.8 Å². The molecule has 4 rings (SSSR count). The van der Waals surface area contributed by atoms with E-state index in [4.69, 9.17) is 11.5 Å². The van der Waals surface area contributed by atoms with Crippen molar-refractivity contribution in [2.24, 2.45) is 16.3 Å². The van der Waals surface area contributed by atoms with Crippen molar-refractivity contribution < 1.29 is 0 Å². The highest BCUT2D eigenvalue weighted by atomic mass is 15.0. The number of nitrogens with two attached hydrogens (primary N) is 2. The third-order valence-electron chi connectivity index (χ3n) is 4.41. The molecule has 1 fully saturated rings. The predicted octanol–water partition coefficient (Wildman–Crippen LogP) is 1.81. The van der Waals surface area contributed by atoms with E-state index >= 15 is 0 Å². The first-order valence-corrected chi connectivity index (χ1v) is 7.15. The van der Waals surface area contributed by atoms with Crippen molar-refractivity contribution in [3.05, 3.63) is 23.9 Å². The zero-order valence-corrected chi connectivity index (χ0v) is 12.1. The maximum atomic E-state index is 5.80. The Morgan fingerprint density at radius 2 is 2.33 bits per heavy atom. The van der Waals surface area contributed by atoms with E-state index in [0.29, 0.717) is 17.3 Å². The van der Waals surface area contributed by atoms with Crippen molar-refractivity contribution in [2.45, 2.75) is 25.7 Å². The van der Waals surface area contributed by atoms with E-state index in [1.54, 1.807) is 6.20 Å². The lowest BCUT2D eigenvalue weighted by Gasteiger charge is -2.42. The second kappa shape index (κ2) is 5.21. The molecule has 0 spiro atoms. The van der Waals surface area contributed by atoms with Crippen LogP contribution < -0.4 is 11.5 Å². The zero-order valence-electron chi connectivity index (χ0n) is 12.1. The van der Waals surface area contributed by atoms with E-state index in [1.165, 1.54) is 12.1 Å². The van der Waals surface area contributed by atoms with Crippen LogP contribution in [0.2, 0.25) is 0 Å². The molecule has 108 valence electrons. The molecule has 21 heavy (non-hydrogen) atoms. The molecule has 0 aromatic carbocycles. The van der Waals surface area contributed by atoms with Crippen molar-refractivity contribution in [1.29, 1.82) is 0 Å². The van der Waals surface area contributed by atoms with Crippen LogP contribution in [0.5, 0.6) is 0 Å². The van der Waals surface area contributed by atoms with Crippen LogP contribution in [0.3, 0.4) is 0 Å². The zero-order chi connectivity index (χ0) is 14.9. The third-order valence-corrected chi connectivity index (χ3v) is 4.41. The van der Waals surface area contributed by atoms with Crippen molar-refractivity contribution in [3.63, 3.8) is 0 Å². The van der Waals surface area contributed by atoms with Gasteiger partial charge in [0.05, 0.1) is 11.8 Å². The summed E-state index contributed by atoms with van der Waals surface area (Å²) in [5, 5.41) is 0. The molecule has 0 aliphatic heterocycles. The van der Waals surface area contributed by atoms with Gasteiger partial charge in [-0.05, 0) is 25.2 Å². The number of hydrogen-bond acceptors (Lipinski definition) is 5. The van der Waals surface area contributed by atoms with Gasteiger partial charge in [0, 0.05) is 24.6 Å². The molecule has 4 N–H and O–H groups in total. The van der Waals surface area contributed by atoms with Gasteiger partial charge < -0.3 is 11.5 Å². The molecule has 0 radical (unpaired) electrons. The fraction of sp³-hybridized carbons (Fsp3) is 0.438. The Balaban J connectivity index is 1.83. The quantitative estimate of drug-likeness (QED) is 0.606. The molecule has 2 atom stereocenters. The highest BCUT2D eigenvalue weighted by molar-refractivity contribution is 5.94. The van der Waals surface area contributed by atoms with Crippen LogP contribution in [0.15, 0.2) is 23.3 Å². The molecule has 1 saturated carbocycles. The summed E-state index contributed by atoms with van der Waals surface area (Å²) < 4.78 is 0. The molecule has 3 aliphatic carbocycles. The van der Waals surface area contributed by atoms with Crippen LogP contribution in [0.1, 0.15) is 31.2 Å². The SMILES string of the molecule is CN=C1CC2C=CC1(CC#Cc1cnc(N)nc1N)CC2. The van der Waals surface area contributed by atoms with Gasteiger partial charge in [0.15, 0.2) is 0 Å². The van der Waals surface area contributed by atoms with Crippen LogP contribution in [0.25, 0.3) is 0 Å². The number of rotatable bonds is 1. The summed E-state index contributed by atoms with van der Waals surface area (Å²) in [6.45, 7) is 0. The fourth-order valence-corrected chi connectivity index (χ4v) is 3.17. The monoisotopic (exact) mass is 281 g/mol. The number of aliphatic imine (C=N–C) groups is 1. The van der Waals surface area contributed by atoms with E-state index in [-0.39, 0.29) is 11.4 Å². The molecule has 1 aromatic heterocycles. The maximum Gasteiger partial charge on any atom is 0.221 e. The average molecular weight is 281 g/mol. The normalized spacial score (nSPS) is 28.4. The highest BCUT2D eigenvalue weighted by Gasteiger charge is 2.40. The Kier molecular flexibility index (Phi) is 3.38. The predicted molar refractivity (Wildman–Crippen MR) is 84.6 cm³/mol. The molecule has 5 nitrogen and oxygen atoms in total. The average Bonchev–Trinajstić information content (AvgIpc) is 2.50. The molecule has 2 bridgehead atoms. The van der Waals surface area contributed by atoms with Gasteiger partial charge >= 0.3 is 0 Å². The third kappa shape index (κ3) is 2.49. The van der Waals surface area contributed by atoms with Gasteiger partial charge in [-0.3, -0.25) is 4.99 Å². The first-order valence-electron chi connectivity index (χ1n) is 7.15. The smallest absolute Gasteiger partial charge is 0.221 e. The Hall–Kier alpha value is -2.35. The number of allylic oxidation sites excluding steroid dienone is 2. The van der Waals surface area contributed by atoms with Gasteiger partial charge in [0.25, 0.3) is 0 Å². The minimum absolute atomic E-state index is 0.0138. The number of aromatic nitrogens is 2. The highest BCUT2D eigenvalue weighted by Crippen LogP contribution is 2.45. The molecule has 1 aromatic rings. The number of nitrogens with zero attached hydrogens (tertiary/aromatic N) is 3. The Morgan fingerprint density at radius 1 is 1.48 bits per heavy atom. The second-order valence-corrected chi connectivity index (χ2v) is 5.69. The number of hydrogen-bond donors (Lipinski definition) is 2. The molecule has 2 unspecified atom stereocenters. The first-order chi connectivity index (χ1) is 10.1. The summed E-state index contributed by atoms with van der Waals surface area (Å²) in [5.41, 5.74) is 13.2. The van der Waals surface area contributed by atoms with Crippen molar-refractivity contribution >= 4 is 17.5 Å². The Labute approximate surface area is 124 Å². The lowest BCUT2D eigenvalue weighted by molar-refractivity contribution is 0.357. The number of fused-ring (bicyclic) bond motifs is 2. The lowest BCUT2D eigenvalue weighted by Crippen LogP contribution is -2.38. The van der Waals surface area contributed by atoms with E-state index in [9.17, 15) is 0 Å². The van der Waals surface area contributed by atoms with Crippen molar-refractivity contribution in [1.82, 2.24) is 9.97 Å². The molecular formula is C16H19N5. The molecule has 3 aliphatic rings. The summed E-state index contributed by atoms with van der Waals surface area (Å²) in [7, 11) is 1.88. The van der Waals surface area contributed by atoms with Gasteiger partial charge in [0.1, 0.15) is 5.82 Å². The van der Waals surface area contributed by atoms with Gasteiger partial charge in [-0.15, -0.1) is 0 Å². The topological polar surface area (TPSA) is 90.2 Å². The lowest BCUT2D eigenvalue weighted by atomic mass is 9.62. The first kappa shape index (κ1) is 13.6. The summed E-state index contributed by atoms with van der Waals surface area (Å²) in [5.74, 6) is 7.46. The summed E-state index contributed by atoms with van der Waals surface area (Å²) in [6, 6.07) is 0. The van der Waals surface area contributed by atoms with E-state index in [1.807, 2.05) is 7.05 Å². The van der Waals surface area contributed by atoms with E-state index in [0.717, 1.165) is 19.3 Å². The van der Waals surface area contributed by atoms with Gasteiger partial charge in [-0.1, -0.05) is 24.0 Å². The molecule has 5 heteroatoms. The van der Waals surface area contributed by atoms with Crippen LogP contribution in [-0.4, -0.2) is 22.7 Å². The number of nitrogen functional groups attached to an aromatic ring is 2. The van der Waals surface area contributed by atoms with Gasteiger partial charge in [-0.25, -0.2) is 4.98 Å². The van der Waals surface area contributed by atoms with E-state index in [2.05, 4.69) is 39.0 Å². The fourth-order valence-electron chi connectivity index (χ4n) is 3.17. The molecule has 0 amide bonds. The second-order valence-electron chi connectivity index (χ2n) is 5.69. The van der Waals surface area contributed by atoms with Crippen LogP contribution in [-0.2, 0) is 0 Å². The minimum Gasteiger partial charge on any atom is -0.382 e. The minimum atomic E-state index is 0.0138. The largest absolute Gasteiger partial charge is 0.382 e. The Bertz CT molecular complexity index is 680. The molecule has 1 heterocycles. The van der Waals surface area contributed by atoms with Gasteiger partial charge in [0.2, 0.25) is 5.95 Å². The summed E-state index contributed by atoms with van der Waals surface area (Å²) in [4.78, 5) is 12.3. The van der Waals surface area contributed by atoms with E-state index < -0.39 is 0 Å². The van der Waals surface area contributed by atoms with Crippen LogP contribution in [0, 0.1) is 23.2 Å². The molecule has 0 saturated heterocycles. The standard InChI is InChI=1S/C16H19N5/c1-19-13-9-11-4-7-16(13,8-5-11)6-2-3-12-10-20-15(18)21-14(12)17/h4,7,10-11H,5-6,8-9H2,1H3,(H4,17,18,20,21). The number of anilines is 2. The van der Waals surface area contributed by atoms with Crippen LogP contribution >= 0.6 is 0 Å². The summed E-state index contributed by atoms with van der Waals surface area (Å²) >= 11 is 0. The Morgan fingerprint density at radius 3 is 3.00 bits per heavy atom. The van der Waals surface area contributed by atoms with Crippen LogP contribution in [0.4, 0.5) is 11.8 Å². The molecular weight excluding hydrogens is 262 g/mol. The van der Waals surface area contributed by atoms with Gasteiger partial charge in [-0.2, -0.15) is 4.98 Å². The van der Waals surface area contributed by atoms with Crippen molar-refractivity contribution in [2.75, 3.05) is 18.5 Å². The summed E-state index contributed by atoms with van der Waals surface area (Å²) in [6.07, 6.45) is 10.4. The maximum absolute atomic E-state index is 5.80.